The first-order chi connectivity index (χ1) is 12.0. The predicted molar refractivity (Wildman–Crippen MR) is 97.7 cm³/mol. The van der Waals surface area contributed by atoms with Crippen LogP contribution in [0.4, 0.5) is 0 Å². The minimum absolute atomic E-state index is 0.105. The summed E-state index contributed by atoms with van der Waals surface area (Å²) in [5, 5.41) is 8.14. The summed E-state index contributed by atoms with van der Waals surface area (Å²) in [4.78, 5) is 21.7. The molecule has 3 aromatic rings. The van der Waals surface area contributed by atoms with Gasteiger partial charge in [0.15, 0.2) is 5.65 Å². The minimum Gasteiger partial charge on any atom is -0.352 e. The molecule has 0 aliphatic rings. The normalized spacial score (nSPS) is 11.2. The van der Waals surface area contributed by atoms with E-state index in [9.17, 15) is 4.79 Å². The fourth-order valence-corrected chi connectivity index (χ4v) is 2.85. The number of hydrogen-bond donors (Lipinski definition) is 1. The molecule has 3 heterocycles. The van der Waals surface area contributed by atoms with Crippen molar-refractivity contribution in [3.63, 3.8) is 0 Å². The van der Waals surface area contributed by atoms with E-state index in [4.69, 9.17) is 0 Å². The molecule has 0 radical (unpaired) electrons. The van der Waals surface area contributed by atoms with Gasteiger partial charge in [-0.15, -0.1) is 0 Å². The molecule has 0 aromatic carbocycles. The van der Waals surface area contributed by atoms with Crippen LogP contribution in [0.15, 0.2) is 30.5 Å². The molecule has 3 rings (SSSR count). The number of rotatable bonds is 5. The van der Waals surface area contributed by atoms with Gasteiger partial charge in [-0.05, 0) is 45.9 Å². The Bertz CT molecular complexity index is 913. The molecule has 0 bridgehead atoms. The van der Waals surface area contributed by atoms with Gasteiger partial charge in [-0.2, -0.15) is 5.10 Å². The zero-order chi connectivity index (χ0) is 18.0. The second-order valence-corrected chi connectivity index (χ2v) is 6.51. The van der Waals surface area contributed by atoms with Gasteiger partial charge in [0.2, 0.25) is 0 Å². The van der Waals surface area contributed by atoms with Crippen LogP contribution in [-0.4, -0.2) is 32.2 Å². The summed E-state index contributed by atoms with van der Waals surface area (Å²) in [5.74, 6) is -0.105. The summed E-state index contributed by atoms with van der Waals surface area (Å²) in [6.45, 7) is 8.49. The Kier molecular flexibility index (Phi) is 4.79. The van der Waals surface area contributed by atoms with E-state index >= 15 is 0 Å². The lowest BCUT2D eigenvalue weighted by molar-refractivity contribution is 0.0955. The van der Waals surface area contributed by atoms with Crippen molar-refractivity contribution in [2.24, 2.45) is 0 Å². The first-order valence-corrected chi connectivity index (χ1v) is 8.51. The lowest BCUT2D eigenvalue weighted by Gasteiger charge is -2.09. The summed E-state index contributed by atoms with van der Waals surface area (Å²) < 4.78 is 1.84. The van der Waals surface area contributed by atoms with E-state index in [1.165, 1.54) is 0 Å². The third-order valence-corrected chi connectivity index (χ3v) is 4.04. The highest BCUT2D eigenvalue weighted by Crippen LogP contribution is 2.20. The van der Waals surface area contributed by atoms with Crippen LogP contribution < -0.4 is 5.32 Å². The molecule has 0 aliphatic carbocycles. The molecule has 1 N–H and O–H groups in total. The zero-order valence-corrected chi connectivity index (χ0v) is 15.1. The van der Waals surface area contributed by atoms with Crippen LogP contribution in [0, 0.1) is 13.8 Å². The summed E-state index contributed by atoms with van der Waals surface area (Å²) in [7, 11) is 0. The number of aryl methyl sites for hydroxylation is 2. The van der Waals surface area contributed by atoms with Crippen LogP contribution in [0.5, 0.6) is 0 Å². The van der Waals surface area contributed by atoms with Gasteiger partial charge >= 0.3 is 0 Å². The lowest BCUT2D eigenvalue weighted by Crippen LogP contribution is -2.26. The Morgan fingerprint density at radius 2 is 2.00 bits per heavy atom. The van der Waals surface area contributed by atoms with E-state index in [1.54, 1.807) is 6.20 Å². The number of carbonyl (C=O) groups excluding carboxylic acids is 1. The Labute approximate surface area is 147 Å². The number of nitrogens with zero attached hydrogens (tertiary/aromatic N) is 4. The number of hydrogen-bond acceptors (Lipinski definition) is 4. The molecule has 0 fully saturated rings. The van der Waals surface area contributed by atoms with E-state index in [1.807, 2.05) is 56.6 Å². The van der Waals surface area contributed by atoms with Crippen LogP contribution in [-0.2, 0) is 6.42 Å². The van der Waals surface area contributed by atoms with Gasteiger partial charge in [0, 0.05) is 36.1 Å². The largest absolute Gasteiger partial charge is 0.352 e. The van der Waals surface area contributed by atoms with Gasteiger partial charge in [-0.1, -0.05) is 6.07 Å². The second kappa shape index (κ2) is 7.01. The van der Waals surface area contributed by atoms with Crippen molar-refractivity contribution in [3.8, 4) is 0 Å². The predicted octanol–water partition coefficient (Wildman–Crippen LogP) is 3.00. The van der Waals surface area contributed by atoms with Crippen molar-refractivity contribution >= 4 is 16.9 Å². The number of aromatic nitrogens is 4. The van der Waals surface area contributed by atoms with Gasteiger partial charge < -0.3 is 5.32 Å². The summed E-state index contributed by atoms with van der Waals surface area (Å²) in [5.41, 5.74) is 4.13. The van der Waals surface area contributed by atoms with Crippen LogP contribution in [0.3, 0.4) is 0 Å². The molecule has 0 atom stereocenters. The molecule has 3 aromatic heterocycles. The molecule has 0 aliphatic heterocycles. The van der Waals surface area contributed by atoms with Gasteiger partial charge in [0.25, 0.3) is 5.91 Å². The fraction of sp³-hybridized carbons (Fsp3) is 0.368. The molecule has 6 heteroatoms. The molecule has 1 amide bonds. The van der Waals surface area contributed by atoms with Crippen molar-refractivity contribution in [2.75, 3.05) is 6.54 Å². The van der Waals surface area contributed by atoms with Gasteiger partial charge in [0.05, 0.1) is 17.1 Å². The van der Waals surface area contributed by atoms with E-state index < -0.39 is 0 Å². The molecule has 6 nitrogen and oxygen atoms in total. The van der Waals surface area contributed by atoms with E-state index in [-0.39, 0.29) is 11.9 Å². The Balaban J connectivity index is 1.78. The quantitative estimate of drug-likeness (QED) is 0.777. The topological polar surface area (TPSA) is 72.7 Å². The number of amides is 1. The van der Waals surface area contributed by atoms with E-state index in [0.29, 0.717) is 18.5 Å². The van der Waals surface area contributed by atoms with E-state index in [0.717, 1.165) is 28.1 Å². The van der Waals surface area contributed by atoms with Gasteiger partial charge in [0.1, 0.15) is 0 Å². The molecular weight excluding hydrogens is 314 g/mol. The second-order valence-electron chi connectivity index (χ2n) is 6.51. The molecular formula is C19H23N5O. The molecule has 0 unspecified atom stereocenters. The first kappa shape index (κ1) is 17.1. The van der Waals surface area contributed by atoms with Crippen molar-refractivity contribution in [1.29, 1.82) is 0 Å². The maximum absolute atomic E-state index is 12.7. The number of nitrogens with one attached hydrogen (secondary N) is 1. The number of pyridine rings is 2. The molecule has 0 saturated heterocycles. The third kappa shape index (κ3) is 3.68. The van der Waals surface area contributed by atoms with Gasteiger partial charge in [-0.3, -0.25) is 9.78 Å². The van der Waals surface area contributed by atoms with Gasteiger partial charge in [-0.25, -0.2) is 9.67 Å². The van der Waals surface area contributed by atoms with Crippen molar-refractivity contribution in [1.82, 2.24) is 25.1 Å². The Hall–Kier alpha value is -2.76. The van der Waals surface area contributed by atoms with Crippen molar-refractivity contribution in [2.45, 2.75) is 40.2 Å². The Morgan fingerprint density at radius 3 is 2.72 bits per heavy atom. The smallest absolute Gasteiger partial charge is 0.252 e. The standard InChI is InChI=1S/C19H23N5O/c1-12(2)24-18-17(11-21-24)16(10-14(4)23-18)19(25)20-9-8-15-7-5-6-13(3)22-15/h5-7,10-12H,8-9H2,1-4H3,(H,20,25). The lowest BCUT2D eigenvalue weighted by atomic mass is 10.1. The summed E-state index contributed by atoms with van der Waals surface area (Å²) >= 11 is 0. The zero-order valence-electron chi connectivity index (χ0n) is 15.1. The SMILES string of the molecule is Cc1cccc(CCNC(=O)c2cc(C)nc3c2cnn3C(C)C)n1. The molecule has 130 valence electrons. The average molecular weight is 337 g/mol. The number of carbonyl (C=O) groups is 1. The molecule has 0 spiro atoms. The van der Waals surface area contributed by atoms with Crippen LogP contribution >= 0.6 is 0 Å². The van der Waals surface area contributed by atoms with Crippen LogP contribution in [0.25, 0.3) is 11.0 Å². The van der Waals surface area contributed by atoms with Crippen molar-refractivity contribution in [3.05, 3.63) is 53.1 Å². The monoisotopic (exact) mass is 337 g/mol. The summed E-state index contributed by atoms with van der Waals surface area (Å²) in [6, 6.07) is 7.92. The molecule has 0 saturated carbocycles. The first-order valence-electron chi connectivity index (χ1n) is 8.51. The summed E-state index contributed by atoms with van der Waals surface area (Å²) in [6.07, 6.45) is 2.42. The van der Waals surface area contributed by atoms with Crippen LogP contribution in [0.1, 0.15) is 47.3 Å². The fourth-order valence-electron chi connectivity index (χ4n) is 2.85. The highest BCUT2D eigenvalue weighted by Gasteiger charge is 2.16. The van der Waals surface area contributed by atoms with Crippen molar-refractivity contribution < 1.29 is 4.79 Å². The minimum atomic E-state index is -0.105. The van der Waals surface area contributed by atoms with Crippen LogP contribution in [0.2, 0.25) is 0 Å². The van der Waals surface area contributed by atoms with E-state index in [2.05, 4.69) is 20.4 Å². The number of fused-ring (bicyclic) bond motifs is 1. The highest BCUT2D eigenvalue weighted by molar-refractivity contribution is 6.05. The Morgan fingerprint density at radius 1 is 1.20 bits per heavy atom. The maximum Gasteiger partial charge on any atom is 0.252 e. The highest BCUT2D eigenvalue weighted by atomic mass is 16.1. The molecule has 25 heavy (non-hydrogen) atoms. The maximum atomic E-state index is 12.7. The average Bonchev–Trinajstić information content (AvgIpc) is 2.97. The third-order valence-electron chi connectivity index (χ3n) is 4.04.